The van der Waals surface area contributed by atoms with Gasteiger partial charge in [0.25, 0.3) is 5.91 Å². The average Bonchev–Trinajstić information content (AvgIpc) is 3.16. The Hall–Kier alpha value is -3.20. The summed E-state index contributed by atoms with van der Waals surface area (Å²) in [4.78, 5) is 38.6. The Morgan fingerprint density at radius 1 is 1.29 bits per heavy atom. The molecular formula is C19H20N4O5. The summed E-state index contributed by atoms with van der Waals surface area (Å²) >= 11 is 0. The van der Waals surface area contributed by atoms with Crippen LogP contribution >= 0.6 is 0 Å². The van der Waals surface area contributed by atoms with Crippen LogP contribution in [-0.2, 0) is 32.0 Å². The molecule has 1 aromatic carbocycles. The Labute approximate surface area is 161 Å². The molecule has 4 rings (SSSR count). The summed E-state index contributed by atoms with van der Waals surface area (Å²) in [6.45, 7) is 0.520. The summed E-state index contributed by atoms with van der Waals surface area (Å²) < 4.78 is 10.4. The van der Waals surface area contributed by atoms with Gasteiger partial charge in [0.1, 0.15) is 6.61 Å². The molecule has 2 atom stereocenters. The summed E-state index contributed by atoms with van der Waals surface area (Å²) in [5.41, 5.74) is 2.46. The topological polar surface area (TPSA) is 114 Å². The number of fused-ring (bicyclic) bond motifs is 1. The number of aromatic nitrogens is 2. The fraction of sp³-hybridized carbons (Fsp3) is 0.368. The number of nitrogens with zero attached hydrogens (tertiary/aromatic N) is 2. The normalized spacial score (nSPS) is 21.6. The lowest BCUT2D eigenvalue weighted by Crippen LogP contribution is -2.54. The van der Waals surface area contributed by atoms with Crippen LogP contribution in [-0.4, -0.2) is 59.2 Å². The van der Waals surface area contributed by atoms with E-state index in [-0.39, 0.29) is 30.7 Å². The first-order chi connectivity index (χ1) is 13.6. The average molecular weight is 384 g/mol. The monoisotopic (exact) mass is 384 g/mol. The number of amides is 2. The standard InChI is InChI=1S/C19H20N4O5/c1-27-19(26)16-12-9-23(8-7-13(12)21-22-16)18(25)17-15(20-14(24)10-28-17)11-5-3-2-4-6-11/h2-6,15,17H,7-10H2,1H3,(H,20,24)(H,21,22)/t15-,17+/m1/s1. The highest BCUT2D eigenvalue weighted by Crippen LogP contribution is 2.27. The molecule has 2 aliphatic heterocycles. The molecule has 0 spiro atoms. The van der Waals surface area contributed by atoms with Crippen molar-refractivity contribution < 1.29 is 23.9 Å². The highest BCUT2D eigenvalue weighted by Gasteiger charge is 2.40. The van der Waals surface area contributed by atoms with E-state index in [1.807, 2.05) is 30.3 Å². The van der Waals surface area contributed by atoms with E-state index in [1.165, 1.54) is 7.11 Å². The smallest absolute Gasteiger partial charge is 0.358 e. The second kappa shape index (κ2) is 7.43. The number of aromatic amines is 1. The lowest BCUT2D eigenvalue weighted by molar-refractivity contribution is -0.156. The predicted octanol–water partition coefficient (Wildman–Crippen LogP) is 0.337. The van der Waals surface area contributed by atoms with Gasteiger partial charge in [-0.1, -0.05) is 30.3 Å². The van der Waals surface area contributed by atoms with Crippen LogP contribution < -0.4 is 5.32 Å². The van der Waals surface area contributed by atoms with E-state index >= 15 is 0 Å². The molecule has 9 heteroatoms. The van der Waals surface area contributed by atoms with E-state index in [1.54, 1.807) is 4.90 Å². The van der Waals surface area contributed by atoms with Gasteiger partial charge in [-0.2, -0.15) is 5.10 Å². The SMILES string of the molecule is COC(=O)c1n[nH]c2c1CN(C(=O)[C@H]1OCC(=O)N[C@@H]1c1ccccc1)CC2. The van der Waals surface area contributed by atoms with Gasteiger partial charge in [-0.15, -0.1) is 0 Å². The number of ether oxygens (including phenoxy) is 2. The molecule has 28 heavy (non-hydrogen) atoms. The summed E-state index contributed by atoms with van der Waals surface area (Å²) in [6, 6.07) is 8.68. The largest absolute Gasteiger partial charge is 0.464 e. The molecule has 0 saturated carbocycles. The number of carbonyl (C=O) groups is 3. The molecule has 0 radical (unpaired) electrons. The van der Waals surface area contributed by atoms with Crippen LogP contribution in [0.2, 0.25) is 0 Å². The number of H-pyrrole nitrogens is 1. The second-order valence-electron chi connectivity index (χ2n) is 6.72. The van der Waals surface area contributed by atoms with Crippen molar-refractivity contribution >= 4 is 17.8 Å². The fourth-order valence-electron chi connectivity index (χ4n) is 3.61. The van der Waals surface area contributed by atoms with Gasteiger partial charge in [-0.3, -0.25) is 14.7 Å². The maximum Gasteiger partial charge on any atom is 0.358 e. The van der Waals surface area contributed by atoms with E-state index in [0.717, 1.165) is 11.3 Å². The summed E-state index contributed by atoms with van der Waals surface area (Å²) in [7, 11) is 1.29. The predicted molar refractivity (Wildman–Crippen MR) is 96.1 cm³/mol. The lowest BCUT2D eigenvalue weighted by Gasteiger charge is -2.36. The molecule has 1 saturated heterocycles. The first-order valence-electron chi connectivity index (χ1n) is 8.97. The maximum atomic E-state index is 13.2. The van der Waals surface area contributed by atoms with Gasteiger partial charge in [0.2, 0.25) is 5.91 Å². The van der Waals surface area contributed by atoms with E-state index in [2.05, 4.69) is 15.5 Å². The maximum absolute atomic E-state index is 13.2. The number of carbonyl (C=O) groups excluding carboxylic acids is 3. The van der Waals surface area contributed by atoms with E-state index in [9.17, 15) is 14.4 Å². The highest BCUT2D eigenvalue weighted by molar-refractivity contribution is 5.90. The Balaban J connectivity index is 1.57. The number of benzene rings is 1. The number of hydrogen-bond donors (Lipinski definition) is 2. The van der Waals surface area contributed by atoms with Crippen molar-refractivity contribution in [1.29, 1.82) is 0 Å². The molecule has 0 unspecified atom stereocenters. The third kappa shape index (κ3) is 3.24. The third-order valence-electron chi connectivity index (χ3n) is 5.04. The molecule has 2 amide bonds. The molecule has 9 nitrogen and oxygen atoms in total. The number of esters is 1. The van der Waals surface area contributed by atoms with Crippen LogP contribution in [0.25, 0.3) is 0 Å². The Morgan fingerprint density at radius 3 is 2.82 bits per heavy atom. The summed E-state index contributed by atoms with van der Waals surface area (Å²) in [5.74, 6) is -1.05. The summed E-state index contributed by atoms with van der Waals surface area (Å²) in [6.07, 6.45) is -0.296. The van der Waals surface area contributed by atoms with Crippen molar-refractivity contribution in [2.75, 3.05) is 20.3 Å². The van der Waals surface area contributed by atoms with Gasteiger partial charge in [-0.05, 0) is 5.56 Å². The van der Waals surface area contributed by atoms with Gasteiger partial charge in [0.05, 0.1) is 13.2 Å². The van der Waals surface area contributed by atoms with Crippen LogP contribution in [0.3, 0.4) is 0 Å². The quantitative estimate of drug-likeness (QED) is 0.738. The molecule has 1 fully saturated rings. The number of rotatable bonds is 3. The van der Waals surface area contributed by atoms with Crippen molar-refractivity contribution in [3.05, 3.63) is 52.8 Å². The van der Waals surface area contributed by atoms with Crippen molar-refractivity contribution in [2.24, 2.45) is 0 Å². The highest BCUT2D eigenvalue weighted by atomic mass is 16.5. The minimum Gasteiger partial charge on any atom is -0.464 e. The Kier molecular flexibility index (Phi) is 4.82. The van der Waals surface area contributed by atoms with Crippen molar-refractivity contribution in [3.63, 3.8) is 0 Å². The van der Waals surface area contributed by atoms with Crippen LogP contribution in [0.15, 0.2) is 30.3 Å². The number of morpholine rings is 1. The van der Waals surface area contributed by atoms with Crippen molar-refractivity contribution in [3.8, 4) is 0 Å². The van der Waals surface area contributed by atoms with Gasteiger partial charge in [0.15, 0.2) is 11.8 Å². The minimum atomic E-state index is -0.838. The molecule has 146 valence electrons. The first-order valence-corrected chi connectivity index (χ1v) is 8.97. The first kappa shape index (κ1) is 18.2. The molecule has 2 aliphatic rings. The number of nitrogens with one attached hydrogen (secondary N) is 2. The van der Waals surface area contributed by atoms with Crippen molar-refractivity contribution in [1.82, 2.24) is 20.4 Å². The molecule has 1 aromatic heterocycles. The Bertz CT molecular complexity index is 910. The van der Waals surface area contributed by atoms with Crippen LogP contribution in [0, 0.1) is 0 Å². The zero-order valence-corrected chi connectivity index (χ0v) is 15.3. The van der Waals surface area contributed by atoms with E-state index in [0.29, 0.717) is 18.5 Å². The Morgan fingerprint density at radius 2 is 2.07 bits per heavy atom. The van der Waals surface area contributed by atoms with Crippen molar-refractivity contribution in [2.45, 2.75) is 25.1 Å². The van der Waals surface area contributed by atoms with Crippen LogP contribution in [0.1, 0.15) is 33.4 Å². The van der Waals surface area contributed by atoms with E-state index in [4.69, 9.17) is 9.47 Å². The van der Waals surface area contributed by atoms with Gasteiger partial charge in [-0.25, -0.2) is 4.79 Å². The van der Waals surface area contributed by atoms with Gasteiger partial charge >= 0.3 is 5.97 Å². The number of methoxy groups -OCH3 is 1. The lowest BCUT2D eigenvalue weighted by atomic mass is 9.97. The zero-order chi connectivity index (χ0) is 19.7. The number of hydrogen-bond acceptors (Lipinski definition) is 6. The molecule has 0 bridgehead atoms. The van der Waals surface area contributed by atoms with Gasteiger partial charge in [0, 0.05) is 30.8 Å². The van der Waals surface area contributed by atoms with Crippen LogP contribution in [0.5, 0.6) is 0 Å². The zero-order valence-electron chi connectivity index (χ0n) is 15.3. The molecule has 2 aromatic rings. The second-order valence-corrected chi connectivity index (χ2v) is 6.72. The molecule has 2 N–H and O–H groups in total. The molecule has 3 heterocycles. The molecule has 0 aliphatic carbocycles. The molecular weight excluding hydrogens is 364 g/mol. The summed E-state index contributed by atoms with van der Waals surface area (Å²) in [5, 5.41) is 9.72. The third-order valence-corrected chi connectivity index (χ3v) is 5.04. The van der Waals surface area contributed by atoms with E-state index < -0.39 is 18.1 Å². The van der Waals surface area contributed by atoms with Crippen LogP contribution in [0.4, 0.5) is 0 Å². The fourth-order valence-corrected chi connectivity index (χ4v) is 3.61. The minimum absolute atomic E-state index is 0.169. The van der Waals surface area contributed by atoms with Gasteiger partial charge < -0.3 is 19.7 Å².